The van der Waals surface area contributed by atoms with Crippen molar-refractivity contribution < 1.29 is 15.3 Å². The van der Waals surface area contributed by atoms with Gasteiger partial charge in [0.1, 0.15) is 0 Å². The lowest BCUT2D eigenvalue weighted by atomic mass is 10.1. The molecule has 0 aliphatic carbocycles. The van der Waals surface area contributed by atoms with Crippen LogP contribution >= 0.6 is 11.6 Å². The number of aliphatic hydroxyl groups excluding tert-OH is 1. The number of rotatable bonds is 3. The van der Waals surface area contributed by atoms with E-state index in [1.165, 1.54) is 12.1 Å². The summed E-state index contributed by atoms with van der Waals surface area (Å²) in [5.74, 6) is -0.377. The Hall–Kier alpha value is -0.930. The van der Waals surface area contributed by atoms with Crippen LogP contribution in [-0.4, -0.2) is 21.9 Å². The van der Waals surface area contributed by atoms with Gasteiger partial charge in [-0.05, 0) is 25.0 Å². The maximum absolute atomic E-state index is 9.39. The van der Waals surface area contributed by atoms with E-state index in [0.29, 0.717) is 23.4 Å². The number of halogens is 1. The Bertz CT molecular complexity index is 299. The van der Waals surface area contributed by atoms with Crippen LogP contribution in [0.15, 0.2) is 12.1 Å². The van der Waals surface area contributed by atoms with Crippen LogP contribution in [0.2, 0.25) is 5.02 Å². The molecule has 13 heavy (non-hydrogen) atoms. The van der Waals surface area contributed by atoms with Gasteiger partial charge in [-0.1, -0.05) is 11.6 Å². The number of phenols is 2. The molecule has 0 aliphatic rings. The smallest absolute Gasteiger partial charge is 0.162 e. The van der Waals surface area contributed by atoms with Gasteiger partial charge in [0, 0.05) is 17.2 Å². The summed E-state index contributed by atoms with van der Waals surface area (Å²) in [4.78, 5) is 0. The average molecular weight is 203 g/mol. The van der Waals surface area contributed by atoms with Gasteiger partial charge in [-0.2, -0.15) is 0 Å². The second-order valence-electron chi connectivity index (χ2n) is 2.72. The summed E-state index contributed by atoms with van der Waals surface area (Å²) in [5, 5.41) is 27.5. The van der Waals surface area contributed by atoms with Crippen molar-refractivity contribution >= 4 is 11.6 Å². The second-order valence-corrected chi connectivity index (χ2v) is 3.13. The minimum absolute atomic E-state index is 0.0332. The van der Waals surface area contributed by atoms with Crippen LogP contribution in [0.5, 0.6) is 11.5 Å². The lowest BCUT2D eigenvalue weighted by Gasteiger charge is -2.07. The lowest BCUT2D eigenvalue weighted by molar-refractivity contribution is 0.287. The third-order valence-electron chi connectivity index (χ3n) is 1.79. The Morgan fingerprint density at radius 2 is 1.92 bits per heavy atom. The Morgan fingerprint density at radius 1 is 1.23 bits per heavy atom. The molecular formula is C9H11ClO3. The van der Waals surface area contributed by atoms with E-state index in [0.717, 1.165) is 0 Å². The van der Waals surface area contributed by atoms with Crippen molar-refractivity contribution in [1.82, 2.24) is 0 Å². The van der Waals surface area contributed by atoms with E-state index in [1.54, 1.807) is 0 Å². The summed E-state index contributed by atoms with van der Waals surface area (Å²) in [7, 11) is 0. The van der Waals surface area contributed by atoms with Gasteiger partial charge in [-0.15, -0.1) is 0 Å². The van der Waals surface area contributed by atoms with Crippen LogP contribution < -0.4 is 0 Å². The molecule has 3 N–H and O–H groups in total. The molecule has 0 amide bonds. The molecule has 0 heterocycles. The minimum atomic E-state index is -0.194. The topological polar surface area (TPSA) is 60.7 Å². The molecule has 0 saturated carbocycles. The molecule has 0 saturated heterocycles. The zero-order valence-electron chi connectivity index (χ0n) is 7.00. The standard InChI is InChI=1S/C9H11ClO3/c10-7-3-4-8(12)9(13)6(7)2-1-5-11/h3-4,11-13H,1-2,5H2. The first kappa shape index (κ1) is 10.2. The van der Waals surface area contributed by atoms with Crippen molar-refractivity contribution in [2.45, 2.75) is 12.8 Å². The maximum Gasteiger partial charge on any atom is 0.162 e. The molecule has 4 heteroatoms. The largest absolute Gasteiger partial charge is 0.504 e. The van der Waals surface area contributed by atoms with E-state index in [9.17, 15) is 5.11 Å². The summed E-state index contributed by atoms with van der Waals surface area (Å²) in [6.07, 6.45) is 0.965. The number of aliphatic hydroxyl groups is 1. The monoisotopic (exact) mass is 202 g/mol. The normalized spacial score (nSPS) is 10.3. The SMILES string of the molecule is OCCCc1c(Cl)ccc(O)c1O. The first-order chi connectivity index (χ1) is 6.16. The Balaban J connectivity index is 2.96. The van der Waals surface area contributed by atoms with Gasteiger partial charge in [0.05, 0.1) is 0 Å². The van der Waals surface area contributed by atoms with E-state index in [1.807, 2.05) is 0 Å². The second kappa shape index (κ2) is 4.35. The average Bonchev–Trinajstić information content (AvgIpc) is 2.12. The van der Waals surface area contributed by atoms with Crippen LogP contribution in [-0.2, 0) is 6.42 Å². The molecule has 0 fully saturated rings. The zero-order valence-corrected chi connectivity index (χ0v) is 7.75. The van der Waals surface area contributed by atoms with Gasteiger partial charge < -0.3 is 15.3 Å². The van der Waals surface area contributed by atoms with Gasteiger partial charge >= 0.3 is 0 Å². The Morgan fingerprint density at radius 3 is 2.54 bits per heavy atom. The van der Waals surface area contributed by atoms with E-state index >= 15 is 0 Å². The van der Waals surface area contributed by atoms with Crippen molar-refractivity contribution in [2.75, 3.05) is 6.61 Å². The molecule has 1 aromatic carbocycles. The van der Waals surface area contributed by atoms with Gasteiger partial charge in [0.25, 0.3) is 0 Å². The summed E-state index contributed by atoms with van der Waals surface area (Å²) >= 11 is 5.78. The van der Waals surface area contributed by atoms with E-state index in [4.69, 9.17) is 21.8 Å². The zero-order chi connectivity index (χ0) is 9.84. The van der Waals surface area contributed by atoms with Crippen molar-refractivity contribution in [2.24, 2.45) is 0 Å². The summed E-state index contributed by atoms with van der Waals surface area (Å²) in [6.45, 7) is 0.0332. The molecule has 1 rings (SSSR count). The van der Waals surface area contributed by atoms with Crippen molar-refractivity contribution in [3.63, 3.8) is 0 Å². The summed E-state index contributed by atoms with van der Waals surface area (Å²) in [6, 6.07) is 2.85. The molecule has 0 atom stereocenters. The molecule has 72 valence electrons. The minimum Gasteiger partial charge on any atom is -0.504 e. The highest BCUT2D eigenvalue weighted by molar-refractivity contribution is 6.31. The number of benzene rings is 1. The van der Waals surface area contributed by atoms with E-state index in [2.05, 4.69) is 0 Å². The fraction of sp³-hybridized carbons (Fsp3) is 0.333. The van der Waals surface area contributed by atoms with Crippen LogP contribution in [0.25, 0.3) is 0 Å². The highest BCUT2D eigenvalue weighted by Gasteiger charge is 2.09. The molecule has 0 spiro atoms. The van der Waals surface area contributed by atoms with Crippen LogP contribution in [0.4, 0.5) is 0 Å². The quantitative estimate of drug-likeness (QED) is 0.654. The number of aromatic hydroxyl groups is 2. The molecule has 0 aliphatic heterocycles. The predicted octanol–water partition coefficient (Wildman–Crippen LogP) is 1.68. The first-order valence-corrected chi connectivity index (χ1v) is 4.34. The molecule has 0 bridgehead atoms. The lowest BCUT2D eigenvalue weighted by Crippen LogP contribution is -1.91. The van der Waals surface area contributed by atoms with Gasteiger partial charge in [0.15, 0.2) is 11.5 Å². The number of hydrogen-bond acceptors (Lipinski definition) is 3. The van der Waals surface area contributed by atoms with Gasteiger partial charge in [0.2, 0.25) is 0 Å². The van der Waals surface area contributed by atoms with Crippen LogP contribution in [0.3, 0.4) is 0 Å². The Labute approximate surface area is 81.2 Å². The van der Waals surface area contributed by atoms with E-state index in [-0.39, 0.29) is 18.1 Å². The predicted molar refractivity (Wildman–Crippen MR) is 50.2 cm³/mol. The third kappa shape index (κ3) is 2.26. The van der Waals surface area contributed by atoms with Crippen molar-refractivity contribution in [1.29, 1.82) is 0 Å². The van der Waals surface area contributed by atoms with Crippen molar-refractivity contribution in [3.05, 3.63) is 22.7 Å². The van der Waals surface area contributed by atoms with Crippen LogP contribution in [0.1, 0.15) is 12.0 Å². The fourth-order valence-electron chi connectivity index (χ4n) is 1.09. The maximum atomic E-state index is 9.39. The first-order valence-electron chi connectivity index (χ1n) is 3.97. The molecule has 1 aromatic rings. The number of phenolic OH excluding ortho intramolecular Hbond substituents is 2. The third-order valence-corrected chi connectivity index (χ3v) is 2.14. The van der Waals surface area contributed by atoms with Gasteiger partial charge in [-0.25, -0.2) is 0 Å². The number of hydrogen-bond donors (Lipinski definition) is 3. The highest BCUT2D eigenvalue weighted by Crippen LogP contribution is 2.34. The molecule has 0 unspecified atom stereocenters. The summed E-state index contributed by atoms with van der Waals surface area (Å²) in [5.41, 5.74) is 0.482. The molecule has 0 radical (unpaired) electrons. The molecular weight excluding hydrogens is 192 g/mol. The molecule has 0 aromatic heterocycles. The van der Waals surface area contributed by atoms with Crippen molar-refractivity contribution in [3.8, 4) is 11.5 Å². The molecule has 3 nitrogen and oxygen atoms in total. The van der Waals surface area contributed by atoms with E-state index < -0.39 is 0 Å². The fourth-order valence-corrected chi connectivity index (χ4v) is 1.34. The van der Waals surface area contributed by atoms with Crippen LogP contribution in [0, 0.1) is 0 Å². The summed E-state index contributed by atoms with van der Waals surface area (Å²) < 4.78 is 0. The highest BCUT2D eigenvalue weighted by atomic mass is 35.5. The van der Waals surface area contributed by atoms with Gasteiger partial charge in [-0.3, -0.25) is 0 Å². The Kier molecular flexibility index (Phi) is 3.39.